The van der Waals surface area contributed by atoms with Crippen molar-refractivity contribution in [2.24, 2.45) is 0 Å². The molecule has 0 radical (unpaired) electrons. The predicted octanol–water partition coefficient (Wildman–Crippen LogP) is 1.81. The van der Waals surface area contributed by atoms with Crippen molar-refractivity contribution in [3.8, 4) is 0 Å². The number of carbonyl (C=O) groups excluding carboxylic acids is 1. The zero-order valence-corrected chi connectivity index (χ0v) is 14.5. The maximum Gasteiger partial charge on any atom is 0.312 e. The van der Waals surface area contributed by atoms with Crippen LogP contribution in [0.25, 0.3) is 0 Å². The number of nitrogens with one attached hydrogen (secondary N) is 1. The molecule has 0 aliphatic rings. The van der Waals surface area contributed by atoms with Crippen LogP contribution in [0.3, 0.4) is 0 Å². The molecule has 2 aromatic heterocycles. The van der Waals surface area contributed by atoms with E-state index in [0.717, 1.165) is 17.8 Å². The molecule has 130 valence electrons. The lowest BCUT2D eigenvalue weighted by atomic mass is 10.1. The first kappa shape index (κ1) is 17.6. The molecule has 9 heteroatoms. The molecule has 0 fully saturated rings. The Labute approximate surface area is 139 Å². The van der Waals surface area contributed by atoms with Gasteiger partial charge in [-0.2, -0.15) is 10.2 Å². The van der Waals surface area contributed by atoms with Gasteiger partial charge in [-0.3, -0.25) is 24.3 Å². The molecule has 2 heterocycles. The molecule has 1 unspecified atom stereocenters. The summed E-state index contributed by atoms with van der Waals surface area (Å²) in [7, 11) is 0. The lowest BCUT2D eigenvalue weighted by Crippen LogP contribution is -2.31. The Morgan fingerprint density at radius 3 is 2.50 bits per heavy atom. The van der Waals surface area contributed by atoms with Crippen molar-refractivity contribution in [2.75, 3.05) is 0 Å². The summed E-state index contributed by atoms with van der Waals surface area (Å²) in [6.07, 6.45) is 1.91. The molecule has 2 rings (SSSR count). The third kappa shape index (κ3) is 3.44. The molecular formula is C15H22N6O3. The summed E-state index contributed by atoms with van der Waals surface area (Å²) in [6.45, 7) is 9.62. The van der Waals surface area contributed by atoms with Gasteiger partial charge in [-0.15, -0.1) is 0 Å². The molecule has 9 nitrogen and oxygen atoms in total. The van der Waals surface area contributed by atoms with Gasteiger partial charge >= 0.3 is 5.69 Å². The Morgan fingerprint density at radius 2 is 2.00 bits per heavy atom. The van der Waals surface area contributed by atoms with E-state index < -0.39 is 4.92 Å². The highest BCUT2D eigenvalue weighted by molar-refractivity contribution is 5.76. The van der Waals surface area contributed by atoms with Gasteiger partial charge in [-0.05, 0) is 34.6 Å². The largest absolute Gasteiger partial charge is 0.348 e. The van der Waals surface area contributed by atoms with Crippen molar-refractivity contribution >= 4 is 11.6 Å². The second kappa shape index (κ2) is 6.81. The van der Waals surface area contributed by atoms with E-state index in [0.29, 0.717) is 11.4 Å². The molecule has 24 heavy (non-hydrogen) atoms. The first-order valence-corrected chi connectivity index (χ1v) is 7.76. The fourth-order valence-corrected chi connectivity index (χ4v) is 2.73. The highest BCUT2D eigenvalue weighted by Gasteiger charge is 2.23. The minimum absolute atomic E-state index is 0.0454. The number of amides is 1. The summed E-state index contributed by atoms with van der Waals surface area (Å²) in [5.74, 6) is -0.258. The van der Waals surface area contributed by atoms with Crippen LogP contribution in [0.15, 0.2) is 6.20 Å². The highest BCUT2D eigenvalue weighted by Crippen LogP contribution is 2.22. The highest BCUT2D eigenvalue weighted by atomic mass is 16.6. The summed E-state index contributed by atoms with van der Waals surface area (Å²) >= 11 is 0. The van der Waals surface area contributed by atoms with E-state index in [1.807, 2.05) is 31.6 Å². The Hall–Kier alpha value is -2.71. The van der Waals surface area contributed by atoms with Crippen LogP contribution < -0.4 is 5.32 Å². The Bertz CT molecular complexity index is 777. The fourth-order valence-electron chi connectivity index (χ4n) is 2.73. The number of hydrogen-bond acceptors (Lipinski definition) is 5. The van der Waals surface area contributed by atoms with Crippen molar-refractivity contribution in [3.05, 3.63) is 39.0 Å². The van der Waals surface area contributed by atoms with E-state index in [-0.39, 0.29) is 24.2 Å². The minimum Gasteiger partial charge on any atom is -0.348 e. The van der Waals surface area contributed by atoms with Gasteiger partial charge in [0.2, 0.25) is 5.91 Å². The molecule has 1 atom stereocenters. The molecule has 0 saturated heterocycles. The lowest BCUT2D eigenvalue weighted by molar-refractivity contribution is -0.386. The van der Waals surface area contributed by atoms with Crippen LogP contribution in [0.1, 0.15) is 42.5 Å². The number of hydrogen-bond donors (Lipinski definition) is 1. The number of nitrogens with zero attached hydrogens (tertiary/aromatic N) is 5. The average molecular weight is 334 g/mol. The van der Waals surface area contributed by atoms with Gasteiger partial charge in [0.05, 0.1) is 16.7 Å². The molecule has 1 N–H and O–H groups in total. The van der Waals surface area contributed by atoms with Crippen molar-refractivity contribution in [3.63, 3.8) is 0 Å². The van der Waals surface area contributed by atoms with Gasteiger partial charge in [0.1, 0.15) is 17.9 Å². The van der Waals surface area contributed by atoms with Crippen LogP contribution in [0.5, 0.6) is 0 Å². The van der Waals surface area contributed by atoms with Crippen LogP contribution in [-0.4, -0.2) is 30.4 Å². The van der Waals surface area contributed by atoms with E-state index in [1.54, 1.807) is 13.8 Å². The van der Waals surface area contributed by atoms with E-state index in [9.17, 15) is 14.9 Å². The maximum atomic E-state index is 12.3. The quantitative estimate of drug-likeness (QED) is 0.640. The second-order valence-corrected chi connectivity index (χ2v) is 5.75. The van der Waals surface area contributed by atoms with Crippen molar-refractivity contribution < 1.29 is 9.72 Å². The van der Waals surface area contributed by atoms with Crippen LogP contribution in [0.4, 0.5) is 5.69 Å². The number of nitro groups is 1. The van der Waals surface area contributed by atoms with E-state index in [4.69, 9.17) is 0 Å². The fraction of sp³-hybridized carbons (Fsp3) is 0.533. The van der Waals surface area contributed by atoms with Gasteiger partial charge in [-0.25, -0.2) is 0 Å². The standard InChI is InChI=1S/C15H22N6O3/c1-6-19-7-13(10(3)17-19)9(2)16-14(22)8-20-12(5)15(21(23)24)11(4)18-20/h7,9H,6,8H2,1-5H3,(H,16,22). The topological polar surface area (TPSA) is 108 Å². The SMILES string of the molecule is CCn1cc(C(C)NC(=O)Cn2nc(C)c([N+](=O)[O-])c2C)c(C)n1. The number of aryl methyl sites for hydroxylation is 3. The van der Waals surface area contributed by atoms with Crippen LogP contribution in [0, 0.1) is 30.9 Å². The first-order valence-electron chi connectivity index (χ1n) is 7.76. The molecule has 1 amide bonds. The van der Waals surface area contributed by atoms with Gasteiger partial charge in [0, 0.05) is 18.3 Å². The molecule has 0 aliphatic carbocycles. The molecule has 0 bridgehead atoms. The third-order valence-corrected chi connectivity index (χ3v) is 3.97. The van der Waals surface area contributed by atoms with E-state index in [1.165, 1.54) is 4.68 Å². The minimum atomic E-state index is -0.475. The van der Waals surface area contributed by atoms with Gasteiger partial charge < -0.3 is 5.32 Å². The monoisotopic (exact) mass is 334 g/mol. The van der Waals surface area contributed by atoms with Crippen LogP contribution in [0.2, 0.25) is 0 Å². The first-order chi connectivity index (χ1) is 11.2. The average Bonchev–Trinajstić information content (AvgIpc) is 2.99. The summed E-state index contributed by atoms with van der Waals surface area (Å²) in [5.41, 5.74) is 2.44. The molecule has 0 saturated carbocycles. The Morgan fingerprint density at radius 1 is 1.33 bits per heavy atom. The van der Waals surface area contributed by atoms with Crippen molar-refractivity contribution in [2.45, 2.75) is 53.8 Å². The van der Waals surface area contributed by atoms with Crippen LogP contribution in [-0.2, 0) is 17.9 Å². The number of aromatic nitrogens is 4. The van der Waals surface area contributed by atoms with Crippen LogP contribution >= 0.6 is 0 Å². The predicted molar refractivity (Wildman–Crippen MR) is 87.6 cm³/mol. The van der Waals surface area contributed by atoms with E-state index >= 15 is 0 Å². The molecular weight excluding hydrogens is 312 g/mol. The number of rotatable bonds is 6. The Kier molecular flexibility index (Phi) is 5.01. The second-order valence-electron chi connectivity index (χ2n) is 5.75. The zero-order valence-electron chi connectivity index (χ0n) is 14.5. The molecule has 0 aromatic carbocycles. The van der Waals surface area contributed by atoms with E-state index in [2.05, 4.69) is 15.5 Å². The van der Waals surface area contributed by atoms with Crippen molar-refractivity contribution in [1.82, 2.24) is 24.9 Å². The lowest BCUT2D eigenvalue weighted by Gasteiger charge is -2.13. The number of carbonyl (C=O) groups is 1. The molecule has 0 aliphatic heterocycles. The van der Waals surface area contributed by atoms with Gasteiger partial charge in [0.15, 0.2) is 0 Å². The molecule has 2 aromatic rings. The maximum absolute atomic E-state index is 12.3. The van der Waals surface area contributed by atoms with Gasteiger partial charge in [0.25, 0.3) is 0 Å². The van der Waals surface area contributed by atoms with Crippen molar-refractivity contribution in [1.29, 1.82) is 0 Å². The molecule has 0 spiro atoms. The third-order valence-electron chi connectivity index (χ3n) is 3.97. The summed E-state index contributed by atoms with van der Waals surface area (Å²) < 4.78 is 3.18. The van der Waals surface area contributed by atoms with Gasteiger partial charge in [-0.1, -0.05) is 0 Å². The summed E-state index contributed by atoms with van der Waals surface area (Å²) in [4.78, 5) is 22.8. The normalized spacial score (nSPS) is 12.2. The smallest absolute Gasteiger partial charge is 0.312 e. The summed E-state index contributed by atoms with van der Waals surface area (Å²) in [5, 5.41) is 22.3. The summed E-state index contributed by atoms with van der Waals surface area (Å²) in [6, 6.07) is -0.204. The Balaban J connectivity index is 2.09. The zero-order chi connectivity index (χ0) is 18.0.